The molecule has 2 aliphatic rings. The van der Waals surface area contributed by atoms with E-state index in [4.69, 9.17) is 0 Å². The van der Waals surface area contributed by atoms with Crippen LogP contribution in [0, 0.1) is 11.3 Å². The molecule has 0 unspecified atom stereocenters. The Morgan fingerprint density at radius 3 is 2.45 bits per heavy atom. The molecule has 0 aromatic rings. The molecular formula is C19H31N. The van der Waals surface area contributed by atoms with E-state index >= 15 is 0 Å². The molecule has 112 valence electrons. The van der Waals surface area contributed by atoms with Crippen LogP contribution in [0.5, 0.6) is 0 Å². The fourth-order valence-corrected chi connectivity index (χ4v) is 3.53. The Balaban J connectivity index is 1.84. The first-order valence-corrected chi connectivity index (χ1v) is 8.19. The molecule has 0 N–H and O–H groups in total. The lowest BCUT2D eigenvalue weighted by molar-refractivity contribution is 0.116. The second-order valence-electron chi connectivity index (χ2n) is 7.59. The third-order valence-corrected chi connectivity index (χ3v) is 5.03. The maximum atomic E-state index is 2.56. The molecule has 0 spiro atoms. The van der Waals surface area contributed by atoms with E-state index in [9.17, 15) is 0 Å². The predicted molar refractivity (Wildman–Crippen MR) is 88.8 cm³/mol. The third kappa shape index (κ3) is 4.34. The highest BCUT2D eigenvalue weighted by atomic mass is 15.1. The SMILES string of the molecule is CN(CC1=CC=CCC=C1)C1CCC(C(C)(C)C)CC1. The molecule has 0 aromatic heterocycles. The molecule has 1 nitrogen and oxygen atoms in total. The number of rotatable bonds is 3. The Morgan fingerprint density at radius 2 is 1.80 bits per heavy atom. The lowest BCUT2D eigenvalue weighted by Gasteiger charge is -2.40. The average Bonchev–Trinajstić information content (AvgIpc) is 2.66. The van der Waals surface area contributed by atoms with E-state index in [1.807, 2.05) is 0 Å². The Morgan fingerprint density at radius 1 is 1.10 bits per heavy atom. The van der Waals surface area contributed by atoms with Crippen LogP contribution in [0.4, 0.5) is 0 Å². The van der Waals surface area contributed by atoms with E-state index in [1.54, 1.807) is 0 Å². The summed E-state index contributed by atoms with van der Waals surface area (Å²) < 4.78 is 0. The van der Waals surface area contributed by atoms with E-state index in [1.165, 1.54) is 31.3 Å². The molecule has 0 aliphatic heterocycles. The Bertz CT molecular complexity index is 386. The highest BCUT2D eigenvalue weighted by molar-refractivity contribution is 5.28. The van der Waals surface area contributed by atoms with E-state index in [2.05, 4.69) is 63.1 Å². The summed E-state index contributed by atoms with van der Waals surface area (Å²) in [5.41, 5.74) is 1.93. The van der Waals surface area contributed by atoms with Crippen molar-refractivity contribution in [3.8, 4) is 0 Å². The van der Waals surface area contributed by atoms with Crippen LogP contribution in [0.1, 0.15) is 52.9 Å². The van der Waals surface area contributed by atoms with Crippen molar-refractivity contribution in [3.63, 3.8) is 0 Å². The molecule has 0 atom stereocenters. The van der Waals surface area contributed by atoms with Crippen molar-refractivity contribution >= 4 is 0 Å². The van der Waals surface area contributed by atoms with Crippen LogP contribution < -0.4 is 0 Å². The maximum Gasteiger partial charge on any atom is 0.0233 e. The van der Waals surface area contributed by atoms with Crippen molar-refractivity contribution in [1.29, 1.82) is 0 Å². The molecular weight excluding hydrogens is 242 g/mol. The highest BCUT2D eigenvalue weighted by Crippen LogP contribution is 2.38. The molecule has 1 heteroatoms. The minimum Gasteiger partial charge on any atom is -0.299 e. The van der Waals surface area contributed by atoms with Gasteiger partial charge < -0.3 is 0 Å². The van der Waals surface area contributed by atoms with Gasteiger partial charge in [0, 0.05) is 12.6 Å². The predicted octanol–water partition coefficient (Wildman–Crippen LogP) is 4.97. The zero-order valence-corrected chi connectivity index (χ0v) is 13.7. The van der Waals surface area contributed by atoms with E-state index in [0.717, 1.165) is 24.9 Å². The van der Waals surface area contributed by atoms with Crippen LogP contribution in [0.25, 0.3) is 0 Å². The molecule has 0 aromatic carbocycles. The second-order valence-corrected chi connectivity index (χ2v) is 7.59. The summed E-state index contributed by atoms with van der Waals surface area (Å²) in [6, 6.07) is 0.773. The van der Waals surface area contributed by atoms with Crippen LogP contribution in [0.2, 0.25) is 0 Å². The van der Waals surface area contributed by atoms with Gasteiger partial charge in [-0.1, -0.05) is 51.2 Å². The number of hydrogen-bond donors (Lipinski definition) is 0. The van der Waals surface area contributed by atoms with Crippen molar-refractivity contribution < 1.29 is 0 Å². The first-order valence-electron chi connectivity index (χ1n) is 8.19. The molecule has 1 saturated carbocycles. The lowest BCUT2D eigenvalue weighted by atomic mass is 9.71. The maximum absolute atomic E-state index is 2.56. The molecule has 0 radical (unpaired) electrons. The number of hydrogen-bond acceptors (Lipinski definition) is 1. The Labute approximate surface area is 125 Å². The Hall–Kier alpha value is -0.820. The van der Waals surface area contributed by atoms with Crippen LogP contribution in [-0.4, -0.2) is 24.5 Å². The number of likely N-dealkylation sites (N-methyl/N-ethyl adjacent to an activating group) is 1. The first kappa shape index (κ1) is 15.6. The minimum absolute atomic E-state index is 0.487. The van der Waals surface area contributed by atoms with Gasteiger partial charge in [-0.05, 0) is 56.1 Å². The van der Waals surface area contributed by atoms with Crippen LogP contribution in [0.15, 0.2) is 36.0 Å². The van der Waals surface area contributed by atoms with Gasteiger partial charge in [0.25, 0.3) is 0 Å². The van der Waals surface area contributed by atoms with Crippen molar-refractivity contribution in [2.24, 2.45) is 11.3 Å². The summed E-state index contributed by atoms with van der Waals surface area (Å²) in [5, 5.41) is 0. The van der Waals surface area contributed by atoms with E-state index in [0.29, 0.717) is 5.41 Å². The summed E-state index contributed by atoms with van der Waals surface area (Å²) >= 11 is 0. The van der Waals surface area contributed by atoms with Crippen LogP contribution in [-0.2, 0) is 0 Å². The smallest absolute Gasteiger partial charge is 0.0233 e. The highest BCUT2D eigenvalue weighted by Gasteiger charge is 2.30. The summed E-state index contributed by atoms with van der Waals surface area (Å²) in [5.74, 6) is 0.909. The normalized spacial score (nSPS) is 27.6. The molecule has 0 heterocycles. The van der Waals surface area contributed by atoms with Gasteiger partial charge >= 0.3 is 0 Å². The van der Waals surface area contributed by atoms with Crippen LogP contribution in [0.3, 0.4) is 0 Å². The summed E-state index contributed by atoms with van der Waals surface area (Å²) in [7, 11) is 2.30. The summed E-state index contributed by atoms with van der Waals surface area (Å²) in [6.07, 6.45) is 17.8. The van der Waals surface area contributed by atoms with E-state index < -0.39 is 0 Å². The summed E-state index contributed by atoms with van der Waals surface area (Å²) in [6.45, 7) is 8.28. The standard InChI is InChI=1S/C19H31N/c1-19(2,3)17-11-13-18(14-12-17)20(4)15-16-9-7-5-6-8-10-16/h5,7-10,17-18H,6,11-15H2,1-4H3. The van der Waals surface area contributed by atoms with Crippen molar-refractivity contribution in [2.45, 2.75) is 58.9 Å². The molecule has 0 bridgehead atoms. The van der Waals surface area contributed by atoms with Gasteiger partial charge in [-0.3, -0.25) is 4.90 Å². The van der Waals surface area contributed by atoms with Gasteiger partial charge in [-0.2, -0.15) is 0 Å². The average molecular weight is 273 g/mol. The van der Waals surface area contributed by atoms with Gasteiger partial charge in [-0.15, -0.1) is 0 Å². The topological polar surface area (TPSA) is 3.24 Å². The molecule has 0 saturated heterocycles. The van der Waals surface area contributed by atoms with Crippen molar-refractivity contribution in [1.82, 2.24) is 4.90 Å². The van der Waals surface area contributed by atoms with Gasteiger partial charge in [0.05, 0.1) is 0 Å². The fraction of sp³-hybridized carbons (Fsp3) is 0.684. The summed E-state index contributed by atoms with van der Waals surface area (Å²) in [4.78, 5) is 2.56. The number of allylic oxidation sites excluding steroid dienone is 4. The minimum atomic E-state index is 0.487. The molecule has 1 fully saturated rings. The zero-order chi connectivity index (χ0) is 14.6. The van der Waals surface area contributed by atoms with Crippen molar-refractivity contribution in [3.05, 3.63) is 36.0 Å². The zero-order valence-electron chi connectivity index (χ0n) is 13.7. The third-order valence-electron chi connectivity index (χ3n) is 5.03. The molecule has 2 rings (SSSR count). The van der Waals surface area contributed by atoms with Gasteiger partial charge in [0.2, 0.25) is 0 Å². The molecule has 0 amide bonds. The second kappa shape index (κ2) is 6.76. The monoisotopic (exact) mass is 273 g/mol. The molecule has 2 aliphatic carbocycles. The number of nitrogens with zero attached hydrogens (tertiary/aromatic N) is 1. The first-order chi connectivity index (χ1) is 9.47. The largest absolute Gasteiger partial charge is 0.299 e. The fourth-order valence-electron chi connectivity index (χ4n) is 3.53. The Kier molecular flexibility index (Phi) is 5.26. The van der Waals surface area contributed by atoms with Gasteiger partial charge in [-0.25, -0.2) is 0 Å². The quantitative estimate of drug-likeness (QED) is 0.702. The van der Waals surface area contributed by atoms with Gasteiger partial charge in [0.1, 0.15) is 0 Å². The van der Waals surface area contributed by atoms with Crippen LogP contribution >= 0.6 is 0 Å². The van der Waals surface area contributed by atoms with Crippen molar-refractivity contribution in [2.75, 3.05) is 13.6 Å². The van der Waals surface area contributed by atoms with E-state index in [-0.39, 0.29) is 0 Å². The van der Waals surface area contributed by atoms with Gasteiger partial charge in [0.15, 0.2) is 0 Å². The molecule has 20 heavy (non-hydrogen) atoms. The lowest BCUT2D eigenvalue weighted by Crippen LogP contribution is -2.38.